The fourth-order valence-electron chi connectivity index (χ4n) is 14.2. The predicted octanol–water partition coefficient (Wildman–Crippen LogP) is 21.0. The zero-order chi connectivity index (χ0) is 79.7. The summed E-state index contributed by atoms with van der Waals surface area (Å²) in [4.78, 5) is 6.65. The van der Waals surface area contributed by atoms with Crippen LogP contribution in [0, 0.1) is 22.7 Å². The van der Waals surface area contributed by atoms with Crippen molar-refractivity contribution in [3.8, 4) is 78.9 Å². The first-order valence-corrected chi connectivity index (χ1v) is 34.9. The van der Waals surface area contributed by atoms with Crippen LogP contribution in [0.15, 0.2) is 351 Å². The second-order valence-corrected chi connectivity index (χ2v) is 27.6. The number of para-hydroxylation sites is 2. The van der Waals surface area contributed by atoms with Gasteiger partial charge in [-0.3, -0.25) is 0 Å². The summed E-state index contributed by atoms with van der Waals surface area (Å²) in [6, 6.07) is 81.2. The molecule has 2 aliphatic heterocycles. The van der Waals surface area contributed by atoms with Crippen molar-refractivity contribution in [1.82, 2.24) is 0 Å². The Bertz CT molecular complexity index is 6630. The number of hydrogen-bond acceptors (Lipinski definition) is 6. The van der Waals surface area contributed by atoms with E-state index in [1.165, 1.54) is 6.07 Å². The molecule has 1 aromatic heterocycles. The quantitative estimate of drug-likeness (QED) is 0.108. The van der Waals surface area contributed by atoms with E-state index in [1.807, 2.05) is 164 Å². The third kappa shape index (κ3) is 10.6. The molecule has 466 valence electrons. The predicted molar refractivity (Wildman–Crippen MR) is 422 cm³/mol. The van der Waals surface area contributed by atoms with Crippen LogP contribution < -0.4 is 40.0 Å². The zero-order valence-electron chi connectivity index (χ0n) is 68.0. The van der Waals surface area contributed by atoms with Crippen molar-refractivity contribution in [2.45, 2.75) is 0 Å². The Labute approximate surface area is 613 Å². The molecule has 8 heteroatoms. The molecule has 16 aromatic rings. The molecule has 0 radical (unpaired) electrons. The van der Waals surface area contributed by atoms with E-state index in [9.17, 15) is 18.7 Å². The molecule has 0 amide bonds. The molecule has 0 spiro atoms. The molecule has 0 atom stereocenters. The van der Waals surface area contributed by atoms with Gasteiger partial charge in [-0.2, -0.15) is 5.26 Å². The molecule has 3 heterocycles. The van der Waals surface area contributed by atoms with Gasteiger partial charge in [0.15, 0.2) is 0 Å². The van der Waals surface area contributed by atoms with Gasteiger partial charge >= 0.3 is 604 Å². The molecule has 5 nitrogen and oxygen atoms in total. The molecule has 100 heavy (non-hydrogen) atoms. The maximum absolute atomic E-state index is 10.3. The minimum atomic E-state index is -0.670. The number of anilines is 9. The van der Waals surface area contributed by atoms with Crippen LogP contribution in [-0.2, 0) is 0 Å². The third-order valence-electron chi connectivity index (χ3n) is 18.5. The van der Waals surface area contributed by atoms with Crippen molar-refractivity contribution in [3.63, 3.8) is 0 Å². The summed E-state index contributed by atoms with van der Waals surface area (Å²) in [6.45, 7) is -0.598. The van der Waals surface area contributed by atoms with E-state index in [-0.39, 0.29) is 27.8 Å². The fraction of sp³-hybridized carbons (Fsp3) is 0. The monoisotopic (exact) mass is 1370 g/mol. The summed E-state index contributed by atoms with van der Waals surface area (Å²) >= 11 is 1.04. The van der Waals surface area contributed by atoms with Gasteiger partial charge in [0.1, 0.15) is 0 Å². The maximum atomic E-state index is 10.3. The summed E-state index contributed by atoms with van der Waals surface area (Å²) in [5.41, 5.74) is 14.2. The van der Waals surface area contributed by atoms with Crippen LogP contribution in [-0.4, -0.2) is 21.7 Å². The minimum absolute atomic E-state index is 0.0152. The van der Waals surface area contributed by atoms with Crippen LogP contribution in [0.2, 0.25) is 0 Å². The van der Waals surface area contributed by atoms with E-state index in [0.717, 1.165) is 73.9 Å². The van der Waals surface area contributed by atoms with E-state index in [0.29, 0.717) is 72.8 Å². The molecule has 15 aromatic carbocycles. The number of nitriles is 2. The summed E-state index contributed by atoms with van der Waals surface area (Å²) in [7, 11) is 0. The average Bonchev–Trinajstić information content (AvgIpc) is 1.34. The average molecular weight is 1370 g/mol. The van der Waals surface area contributed by atoms with Gasteiger partial charge < -0.3 is 0 Å². The van der Waals surface area contributed by atoms with Gasteiger partial charge in [0.2, 0.25) is 0 Å². The molecule has 18 rings (SSSR count). The Morgan fingerprint density at radius 3 is 1.35 bits per heavy atom. The Morgan fingerprint density at radius 2 is 0.810 bits per heavy atom. The summed E-state index contributed by atoms with van der Waals surface area (Å²) in [6.07, 6.45) is 0. The van der Waals surface area contributed by atoms with Crippen LogP contribution in [0.4, 0.5) is 51.2 Å². The zero-order valence-corrected chi connectivity index (χ0v) is 55.5. The molecule has 0 bridgehead atoms. The molecule has 2 aliphatic rings. The standard InChI is InChI=1S/C92H58BN5SSe/c94-59-61-40-44-75(45-41-61)96(73-34-18-6-19-35-73)77-48-49-81-82(57-77)98(91-79(66-30-14-4-15-31-66)53-71(65-28-12-3-13-29-65)54-80(91)67-32-16-5-17-33-67)84-55-72(70-51-68(63-24-8-1-9-25-63)50-69(52-70)64-26-10-2-11-27-64)56-86-89(84)93(81)90-87(100-86)58-83(88-78-38-22-23-39-85(78)99-92(88)90)97(74-36-20-7-21-37-74)76-46-42-62(60-95)43-47-76/h1-58H/i1D,2D,3D,8D,9D,10D,11D,12D,13D,24D,25D,26D,27D,28D,29D. The fourth-order valence-corrected chi connectivity index (χ4v) is 18.2. The topological polar surface area (TPSA) is 57.3 Å². The number of thiophene rings is 1. The molecule has 0 aliphatic carbocycles. The molecular weight excluding hydrogens is 1300 g/mol. The van der Waals surface area contributed by atoms with Crippen molar-refractivity contribution in [2.75, 3.05) is 14.7 Å². The normalized spacial score (nSPS) is 14.0. The second-order valence-electron chi connectivity index (χ2n) is 24.2. The first-order valence-electron chi connectivity index (χ1n) is 39.9. The van der Waals surface area contributed by atoms with Gasteiger partial charge in [-0.1, -0.05) is 0 Å². The number of hydrogen-bond donors (Lipinski definition) is 0. The molecule has 0 fully saturated rings. The van der Waals surface area contributed by atoms with Crippen LogP contribution >= 0.6 is 11.3 Å². The number of rotatable bonds is 13. The molecule has 0 saturated carbocycles. The summed E-state index contributed by atoms with van der Waals surface area (Å²) in [5, 5.41) is 22.5. The van der Waals surface area contributed by atoms with Crippen molar-refractivity contribution in [1.29, 1.82) is 10.5 Å². The number of nitrogens with zero attached hydrogens (tertiary/aromatic N) is 5. The van der Waals surface area contributed by atoms with Crippen molar-refractivity contribution in [2.24, 2.45) is 0 Å². The SMILES string of the molecule is [2H]c1c([2H])c([2H])c(-c2cc(-c3cc4c5c(c3)N(c3c(-c6ccccc6)cc(-c6c([2H])c([2H])c([2H])c([2H])c6[2H])cc3-c3ccccc3)c3cc(N(c6ccccc6)c6ccc(C#N)cc6)ccc3B5c3c(cc(N(c5ccccc5)c5ccc(C#N)cc5)c5c3sc3ccccc35)[Se]4)cc(-c3c([2H])c([2H])c([2H])c([2H])c3[2H])c2)c([2H])c1[2H]. The van der Waals surface area contributed by atoms with Crippen molar-refractivity contribution < 1.29 is 20.6 Å². The van der Waals surface area contributed by atoms with E-state index in [4.69, 9.17) is 12.3 Å². The number of fused-ring (bicyclic) bond motifs is 8. The molecule has 0 saturated heterocycles. The third-order valence-corrected chi connectivity index (χ3v) is 22.1. The Hall–Kier alpha value is -12.5. The first-order chi connectivity index (χ1) is 55.7. The summed E-state index contributed by atoms with van der Waals surface area (Å²) < 4.78 is 142. The Kier molecular flexibility index (Phi) is 11.7. The Morgan fingerprint density at radius 1 is 0.370 bits per heavy atom. The molecular formula is C92H58BN5SSe. The van der Waals surface area contributed by atoms with E-state index in [2.05, 4.69) is 93.6 Å². The van der Waals surface area contributed by atoms with Gasteiger partial charge in [0.05, 0.1) is 7.44 Å². The summed E-state index contributed by atoms with van der Waals surface area (Å²) in [5.74, 6) is 0. The van der Waals surface area contributed by atoms with E-state index >= 15 is 0 Å². The van der Waals surface area contributed by atoms with Gasteiger partial charge in [0.25, 0.3) is 0 Å². The van der Waals surface area contributed by atoms with Crippen LogP contribution in [0.25, 0.3) is 86.9 Å². The second kappa shape index (κ2) is 25.5. The van der Waals surface area contributed by atoms with Gasteiger partial charge in [-0.25, -0.2) is 0 Å². The van der Waals surface area contributed by atoms with Crippen molar-refractivity contribution >= 4 is 130 Å². The van der Waals surface area contributed by atoms with E-state index in [1.54, 1.807) is 35.6 Å². The van der Waals surface area contributed by atoms with Crippen LogP contribution in [0.1, 0.15) is 31.7 Å². The van der Waals surface area contributed by atoms with Gasteiger partial charge in [-0.15, -0.1) is 0 Å². The van der Waals surface area contributed by atoms with Gasteiger partial charge in [0, 0.05) is 0 Å². The number of benzene rings is 15. The first kappa shape index (κ1) is 45.8. The van der Waals surface area contributed by atoms with Crippen LogP contribution in [0.5, 0.6) is 0 Å². The molecule has 0 unspecified atom stereocenters. The molecule has 0 N–H and O–H groups in total. The van der Waals surface area contributed by atoms with Gasteiger partial charge in [-0.05, 0) is 0 Å². The Balaban J connectivity index is 1.03. The van der Waals surface area contributed by atoms with Crippen LogP contribution in [0.3, 0.4) is 0 Å². The van der Waals surface area contributed by atoms with Crippen molar-refractivity contribution in [3.05, 3.63) is 363 Å². The van der Waals surface area contributed by atoms with E-state index < -0.39 is 112 Å².